The highest BCUT2D eigenvalue weighted by atomic mass is 16.4. The van der Waals surface area contributed by atoms with E-state index in [0.29, 0.717) is 12.0 Å². The number of nitrogens with one attached hydrogen (secondary N) is 6. The number of aliphatic hydroxyl groups is 1. The van der Waals surface area contributed by atoms with Crippen molar-refractivity contribution in [2.45, 2.75) is 110 Å². The molecule has 0 saturated carbocycles. The van der Waals surface area contributed by atoms with Crippen LogP contribution in [-0.4, -0.2) is 112 Å². The SMILES string of the molecule is CC[C@H](C)[C@H](NC(=O)[C@H](C)NC(=O)[C@@H](N)CC(N)=O)C(=O)N[C@@H](Cc1ccc(O)cc1)C(=O)N[C@@H](CO)C(=O)N[C@@H](CC(C)C)C(=O)N[C@@H](C)C(=O)O. The molecule has 19 nitrogen and oxygen atoms in total. The van der Waals surface area contributed by atoms with Gasteiger partial charge in [0.2, 0.25) is 41.4 Å². The van der Waals surface area contributed by atoms with Crippen molar-refractivity contribution in [2.75, 3.05) is 6.61 Å². The van der Waals surface area contributed by atoms with Crippen LogP contribution in [0.15, 0.2) is 24.3 Å². The predicted molar refractivity (Wildman–Crippen MR) is 190 cm³/mol. The van der Waals surface area contributed by atoms with E-state index in [1.807, 2.05) is 0 Å². The van der Waals surface area contributed by atoms with Crippen molar-refractivity contribution in [1.29, 1.82) is 0 Å². The fourth-order valence-electron chi connectivity index (χ4n) is 4.83. The lowest BCUT2D eigenvalue weighted by Gasteiger charge is -2.29. The minimum Gasteiger partial charge on any atom is -0.508 e. The maximum atomic E-state index is 13.7. The zero-order valence-corrected chi connectivity index (χ0v) is 30.8. The summed E-state index contributed by atoms with van der Waals surface area (Å²) in [5.74, 6) is -7.90. The number of benzene rings is 1. The summed E-state index contributed by atoms with van der Waals surface area (Å²) in [7, 11) is 0. The second-order valence-electron chi connectivity index (χ2n) is 13.3. The van der Waals surface area contributed by atoms with Crippen molar-refractivity contribution in [3.63, 3.8) is 0 Å². The molecule has 13 N–H and O–H groups in total. The minimum absolute atomic E-state index is 0.0649. The molecule has 0 saturated heterocycles. The van der Waals surface area contributed by atoms with Gasteiger partial charge in [-0.1, -0.05) is 46.2 Å². The normalized spacial score (nSPS) is 15.6. The maximum absolute atomic E-state index is 13.7. The first kappa shape index (κ1) is 45.7. The Labute approximate surface area is 307 Å². The average Bonchev–Trinajstić information content (AvgIpc) is 3.08. The molecule has 0 spiro atoms. The highest BCUT2D eigenvalue weighted by Gasteiger charge is 2.34. The number of hydrogen-bond donors (Lipinski definition) is 11. The van der Waals surface area contributed by atoms with E-state index in [0.717, 1.165) is 0 Å². The molecule has 0 aromatic heterocycles. The van der Waals surface area contributed by atoms with Gasteiger partial charge >= 0.3 is 5.97 Å². The number of carboxylic acids is 1. The molecule has 0 unspecified atom stereocenters. The van der Waals surface area contributed by atoms with Crippen molar-refractivity contribution in [3.8, 4) is 5.75 Å². The van der Waals surface area contributed by atoms with Crippen LogP contribution in [0, 0.1) is 11.8 Å². The Morgan fingerprint density at radius 2 is 1.19 bits per heavy atom. The summed E-state index contributed by atoms with van der Waals surface area (Å²) >= 11 is 0. The molecule has 7 amide bonds. The number of aliphatic hydroxyl groups excluding tert-OH is 1. The fourth-order valence-corrected chi connectivity index (χ4v) is 4.83. The van der Waals surface area contributed by atoms with Gasteiger partial charge in [0, 0.05) is 6.42 Å². The van der Waals surface area contributed by atoms with Crippen LogP contribution in [0.25, 0.3) is 0 Å². The van der Waals surface area contributed by atoms with Gasteiger partial charge in [0.1, 0.15) is 42.0 Å². The van der Waals surface area contributed by atoms with Gasteiger partial charge in [-0.15, -0.1) is 0 Å². The molecule has 0 bridgehead atoms. The number of carbonyl (C=O) groups excluding carboxylic acids is 7. The molecular formula is C34H54N8O11. The van der Waals surface area contributed by atoms with E-state index >= 15 is 0 Å². The van der Waals surface area contributed by atoms with Gasteiger partial charge in [0.15, 0.2) is 0 Å². The number of primary amides is 1. The molecule has 0 aliphatic rings. The van der Waals surface area contributed by atoms with Crippen LogP contribution >= 0.6 is 0 Å². The molecule has 1 aromatic carbocycles. The molecule has 1 rings (SSSR count). The zero-order valence-electron chi connectivity index (χ0n) is 30.8. The summed E-state index contributed by atoms with van der Waals surface area (Å²) in [6.07, 6.45) is -0.142. The van der Waals surface area contributed by atoms with Gasteiger partial charge in [-0.25, -0.2) is 0 Å². The number of aliphatic carboxylic acids is 1. The van der Waals surface area contributed by atoms with E-state index < -0.39 is 109 Å². The highest BCUT2D eigenvalue weighted by molar-refractivity contribution is 5.97. The van der Waals surface area contributed by atoms with Crippen molar-refractivity contribution in [3.05, 3.63) is 29.8 Å². The van der Waals surface area contributed by atoms with E-state index in [1.54, 1.807) is 27.7 Å². The quantitative estimate of drug-likeness (QED) is 0.0575. The lowest BCUT2D eigenvalue weighted by molar-refractivity contribution is -0.142. The molecule has 0 heterocycles. The van der Waals surface area contributed by atoms with Gasteiger partial charge in [-0.3, -0.25) is 38.4 Å². The maximum Gasteiger partial charge on any atom is 0.325 e. The van der Waals surface area contributed by atoms with E-state index in [9.17, 15) is 53.7 Å². The lowest BCUT2D eigenvalue weighted by Crippen LogP contribution is -2.61. The second kappa shape index (κ2) is 21.9. The van der Waals surface area contributed by atoms with Crippen molar-refractivity contribution < 1.29 is 53.7 Å². The minimum atomic E-state index is -1.61. The van der Waals surface area contributed by atoms with E-state index in [4.69, 9.17) is 11.5 Å². The van der Waals surface area contributed by atoms with Crippen LogP contribution in [0.3, 0.4) is 0 Å². The van der Waals surface area contributed by atoms with Crippen LogP contribution in [0.5, 0.6) is 5.75 Å². The third-order valence-electron chi connectivity index (χ3n) is 8.20. The lowest BCUT2D eigenvalue weighted by atomic mass is 9.96. The Morgan fingerprint density at radius 3 is 1.70 bits per heavy atom. The standard InChI is InChI=1S/C34H54N8O11/c1-7-17(4)27(42-28(46)18(5)37-29(47)22(35)14-26(36)45)33(51)40-24(13-20-8-10-21(44)11-9-20)31(49)41-25(15-43)32(50)39-23(12-16(2)3)30(48)38-19(6)34(52)53/h8-11,16-19,22-25,27,43-44H,7,12-15,35H2,1-6H3,(H2,36,45)(H,37,47)(H,38,48)(H,39,50)(H,40,51)(H,41,49)(H,42,46)(H,52,53)/t17-,18-,19-,22-,23-,24-,25-,27-/m0/s1. The first-order valence-corrected chi connectivity index (χ1v) is 17.2. The summed E-state index contributed by atoms with van der Waals surface area (Å²) in [6.45, 7) is 8.61. The second-order valence-corrected chi connectivity index (χ2v) is 13.3. The molecular weight excluding hydrogens is 696 g/mol. The molecule has 0 aliphatic carbocycles. The molecule has 0 aliphatic heterocycles. The third kappa shape index (κ3) is 15.9. The summed E-state index contributed by atoms with van der Waals surface area (Å²) < 4.78 is 0. The monoisotopic (exact) mass is 750 g/mol. The number of aromatic hydroxyl groups is 1. The predicted octanol–water partition coefficient (Wildman–Crippen LogP) is -2.74. The van der Waals surface area contributed by atoms with Crippen LogP contribution in [0.4, 0.5) is 0 Å². The highest BCUT2D eigenvalue weighted by Crippen LogP contribution is 2.14. The van der Waals surface area contributed by atoms with Gasteiger partial charge < -0.3 is 58.7 Å². The average molecular weight is 751 g/mol. The number of carboxylic acid groups (broad SMARTS) is 1. The van der Waals surface area contributed by atoms with E-state index in [1.165, 1.54) is 38.1 Å². The molecule has 0 radical (unpaired) electrons. The Morgan fingerprint density at radius 1 is 0.679 bits per heavy atom. The molecule has 19 heteroatoms. The first-order valence-electron chi connectivity index (χ1n) is 17.2. The van der Waals surface area contributed by atoms with Crippen molar-refractivity contribution in [2.24, 2.45) is 23.3 Å². The molecule has 1 aromatic rings. The molecule has 296 valence electrons. The molecule has 0 fully saturated rings. The third-order valence-corrected chi connectivity index (χ3v) is 8.20. The number of phenolic OH excluding ortho intramolecular Hbond substituents is 1. The van der Waals surface area contributed by atoms with Crippen LogP contribution in [-0.2, 0) is 44.8 Å². The number of carbonyl (C=O) groups is 8. The van der Waals surface area contributed by atoms with E-state index in [2.05, 4.69) is 31.9 Å². The number of hydrogen-bond acceptors (Lipinski definition) is 11. The Hall–Kier alpha value is -5.30. The summed E-state index contributed by atoms with van der Waals surface area (Å²) in [5, 5.41) is 43.6. The van der Waals surface area contributed by atoms with Gasteiger partial charge in [0.25, 0.3) is 0 Å². The topological polar surface area (TPSA) is 321 Å². The fraction of sp³-hybridized carbons (Fsp3) is 0.588. The van der Waals surface area contributed by atoms with Crippen LogP contribution in [0.2, 0.25) is 0 Å². The van der Waals surface area contributed by atoms with Crippen molar-refractivity contribution in [1.82, 2.24) is 31.9 Å². The smallest absolute Gasteiger partial charge is 0.325 e. The summed E-state index contributed by atoms with van der Waals surface area (Å²) in [6, 6.07) is -3.54. The van der Waals surface area contributed by atoms with Crippen molar-refractivity contribution >= 4 is 47.3 Å². The zero-order chi connectivity index (χ0) is 40.6. The Bertz CT molecular complexity index is 1460. The summed E-state index contributed by atoms with van der Waals surface area (Å²) in [4.78, 5) is 101. The number of phenols is 1. The summed E-state index contributed by atoms with van der Waals surface area (Å²) in [5.41, 5.74) is 11.2. The number of nitrogens with two attached hydrogens (primary N) is 2. The molecule has 8 atom stereocenters. The van der Waals surface area contributed by atoms with Crippen LogP contribution in [0.1, 0.15) is 66.4 Å². The van der Waals surface area contributed by atoms with Gasteiger partial charge in [-0.05, 0) is 49.8 Å². The van der Waals surface area contributed by atoms with E-state index in [-0.39, 0.29) is 24.5 Å². The number of amides is 7. The van der Waals surface area contributed by atoms with Gasteiger partial charge in [-0.2, -0.15) is 0 Å². The number of rotatable bonds is 22. The Kier molecular flexibility index (Phi) is 18.9. The first-order chi connectivity index (χ1) is 24.7. The van der Waals surface area contributed by atoms with Crippen LogP contribution < -0.4 is 43.4 Å². The largest absolute Gasteiger partial charge is 0.508 e. The Balaban J connectivity index is 3.28. The molecule has 53 heavy (non-hydrogen) atoms. The van der Waals surface area contributed by atoms with Gasteiger partial charge in [0.05, 0.1) is 19.1 Å².